The van der Waals surface area contributed by atoms with Crippen molar-refractivity contribution in [3.05, 3.63) is 41.9 Å². The second-order valence-corrected chi connectivity index (χ2v) is 6.05. The number of carbonyl (C=O) groups is 1. The van der Waals surface area contributed by atoms with Gasteiger partial charge in [-0.2, -0.15) is 5.10 Å². The number of nitrogens with zero attached hydrogens (tertiary/aromatic N) is 4. The predicted octanol–water partition coefficient (Wildman–Crippen LogP) is -1.16. The average Bonchev–Trinajstić information content (AvgIpc) is 2.99. The number of hydrogen-bond acceptors (Lipinski definition) is 4. The van der Waals surface area contributed by atoms with Crippen LogP contribution in [0.2, 0.25) is 0 Å². The Bertz CT molecular complexity index is 757. The number of aromatic carboxylic acids is 1. The Morgan fingerprint density at radius 3 is 2.58 bits per heavy atom. The number of aromatic nitrogens is 3. The number of pyridine rings is 1. The Hall–Kier alpha value is -1.91. The zero-order valence-electron chi connectivity index (χ0n) is 14.1. The van der Waals surface area contributed by atoms with E-state index >= 15 is 0 Å². The van der Waals surface area contributed by atoms with Crippen LogP contribution in [0.25, 0.3) is 0 Å². The van der Waals surface area contributed by atoms with Crippen LogP contribution in [0.3, 0.4) is 0 Å². The van der Waals surface area contributed by atoms with Crippen LogP contribution in [0, 0.1) is 11.8 Å². The summed E-state index contributed by atoms with van der Waals surface area (Å²) in [5.41, 5.74) is 0.996. The topological polar surface area (TPSA) is 71.2 Å². The summed E-state index contributed by atoms with van der Waals surface area (Å²) in [6.07, 6.45) is 4.41. The fourth-order valence-electron chi connectivity index (χ4n) is 3.14. The van der Waals surface area contributed by atoms with Gasteiger partial charge >= 0.3 is 24.8 Å². The summed E-state index contributed by atoms with van der Waals surface area (Å²) in [4.78, 5) is 17.0. The number of carboxylic acids is 1. The molecule has 2 fully saturated rings. The van der Waals surface area contributed by atoms with Gasteiger partial charge in [-0.3, -0.25) is 4.68 Å². The Balaban J connectivity index is 0.00000113. The van der Waals surface area contributed by atoms with Crippen molar-refractivity contribution in [1.82, 2.24) is 14.8 Å². The van der Waals surface area contributed by atoms with E-state index in [4.69, 9.17) is 5.11 Å². The molecule has 2 aromatic heterocycles. The third kappa shape index (κ3) is 2.80. The molecule has 9 heteroatoms. The summed E-state index contributed by atoms with van der Waals surface area (Å²) in [6, 6.07) is 3.66. The Morgan fingerprint density at radius 1 is 1.33 bits per heavy atom. The van der Waals surface area contributed by atoms with Crippen molar-refractivity contribution < 1.29 is 39.0 Å². The standard InChI is InChI=1S/C15H14F2N4O2.Li.H/c16-15(17)11-7-20(8-12(11)15)13-2-1-9(3-18-13)5-21-6-10(4-19-21)14(22)23;;/h1-4,6,11-12H,5,7-8H2,(H,22,23);;/q;+1;-1. The summed E-state index contributed by atoms with van der Waals surface area (Å²) >= 11 is 0. The SMILES string of the molecule is O=C(O)c1cnn(Cc2ccc(N3CC4C(C3)C4(F)F)nc2)c1.[H-].[Li+]. The van der Waals surface area contributed by atoms with Gasteiger partial charge in [-0.15, -0.1) is 0 Å². The Kier molecular flexibility index (Phi) is 4.14. The maximum absolute atomic E-state index is 13.2. The first-order chi connectivity index (χ1) is 10.9. The zero-order valence-corrected chi connectivity index (χ0v) is 13.1. The molecule has 2 unspecified atom stereocenters. The van der Waals surface area contributed by atoms with Crippen molar-refractivity contribution in [2.45, 2.75) is 12.5 Å². The molecule has 0 radical (unpaired) electrons. The smallest absolute Gasteiger partial charge is 1.00 e. The summed E-state index contributed by atoms with van der Waals surface area (Å²) < 4.78 is 27.9. The first-order valence-electron chi connectivity index (χ1n) is 7.28. The Morgan fingerprint density at radius 2 is 2.04 bits per heavy atom. The number of carboxylic acid groups (broad SMARTS) is 1. The van der Waals surface area contributed by atoms with E-state index in [0.29, 0.717) is 25.5 Å². The van der Waals surface area contributed by atoms with Crippen LogP contribution < -0.4 is 23.8 Å². The molecule has 0 aromatic carbocycles. The average molecular weight is 328 g/mol. The summed E-state index contributed by atoms with van der Waals surface area (Å²) in [7, 11) is 0. The molecule has 2 aliphatic rings. The normalized spacial score (nSPS) is 23.5. The number of rotatable bonds is 4. The van der Waals surface area contributed by atoms with Crippen LogP contribution in [0.15, 0.2) is 30.7 Å². The second-order valence-electron chi connectivity index (χ2n) is 6.05. The summed E-state index contributed by atoms with van der Waals surface area (Å²) in [5, 5.41) is 12.8. The van der Waals surface area contributed by atoms with E-state index in [1.165, 1.54) is 17.1 Å². The molecule has 1 aliphatic heterocycles. The van der Waals surface area contributed by atoms with Crippen molar-refractivity contribution in [2.75, 3.05) is 18.0 Å². The summed E-state index contributed by atoms with van der Waals surface area (Å²) in [5.74, 6) is -3.86. The van der Waals surface area contributed by atoms with E-state index in [9.17, 15) is 13.6 Å². The molecule has 122 valence electrons. The van der Waals surface area contributed by atoms with Gasteiger partial charge in [-0.1, -0.05) is 6.07 Å². The predicted molar refractivity (Wildman–Crippen MR) is 77.8 cm³/mol. The van der Waals surface area contributed by atoms with Crippen LogP contribution in [-0.2, 0) is 6.54 Å². The third-order valence-corrected chi connectivity index (χ3v) is 4.56. The van der Waals surface area contributed by atoms with Crippen molar-refractivity contribution >= 4 is 11.8 Å². The number of fused-ring (bicyclic) bond motifs is 1. The zero-order chi connectivity index (χ0) is 16.2. The van der Waals surface area contributed by atoms with Crippen LogP contribution in [0.5, 0.6) is 0 Å². The van der Waals surface area contributed by atoms with Crippen molar-refractivity contribution in [3.63, 3.8) is 0 Å². The van der Waals surface area contributed by atoms with E-state index in [1.807, 2.05) is 11.0 Å². The van der Waals surface area contributed by atoms with Gasteiger partial charge in [0.2, 0.25) is 0 Å². The second kappa shape index (κ2) is 5.87. The minimum atomic E-state index is -2.49. The summed E-state index contributed by atoms with van der Waals surface area (Å²) in [6.45, 7) is 1.11. The molecule has 0 amide bonds. The molecular formula is C15H15F2LiN4O2. The number of halogens is 2. The molecule has 2 atom stereocenters. The molecule has 4 rings (SSSR count). The van der Waals surface area contributed by atoms with Crippen LogP contribution >= 0.6 is 0 Å². The number of hydrogen-bond donors (Lipinski definition) is 1. The quantitative estimate of drug-likeness (QED) is 0.717. The van der Waals surface area contributed by atoms with Crippen LogP contribution in [-0.4, -0.2) is 44.9 Å². The maximum Gasteiger partial charge on any atom is 1.00 e. The van der Waals surface area contributed by atoms with Gasteiger partial charge in [0.15, 0.2) is 0 Å². The minimum Gasteiger partial charge on any atom is -1.00 e. The van der Waals surface area contributed by atoms with Gasteiger partial charge in [-0.05, 0) is 11.6 Å². The molecule has 0 spiro atoms. The van der Waals surface area contributed by atoms with E-state index in [0.717, 1.165) is 5.56 Å². The molecular weight excluding hydrogens is 313 g/mol. The van der Waals surface area contributed by atoms with E-state index in [2.05, 4.69) is 10.1 Å². The molecule has 6 nitrogen and oxygen atoms in total. The molecule has 3 heterocycles. The molecule has 24 heavy (non-hydrogen) atoms. The molecule has 1 saturated carbocycles. The Labute approximate surface area is 150 Å². The van der Waals surface area contributed by atoms with E-state index in [1.54, 1.807) is 12.3 Å². The van der Waals surface area contributed by atoms with Gasteiger partial charge in [-0.25, -0.2) is 18.6 Å². The maximum atomic E-state index is 13.2. The van der Waals surface area contributed by atoms with Gasteiger partial charge in [0, 0.05) is 25.5 Å². The largest absolute Gasteiger partial charge is 1.00 e. The molecule has 1 aliphatic carbocycles. The number of alkyl halides is 2. The molecule has 1 N–H and O–H groups in total. The first-order valence-corrected chi connectivity index (χ1v) is 7.28. The van der Waals surface area contributed by atoms with Crippen molar-refractivity contribution in [2.24, 2.45) is 11.8 Å². The fourth-order valence-corrected chi connectivity index (χ4v) is 3.14. The number of anilines is 1. The van der Waals surface area contributed by atoms with Crippen molar-refractivity contribution in [1.29, 1.82) is 0 Å². The van der Waals surface area contributed by atoms with Crippen LogP contribution in [0.4, 0.5) is 14.6 Å². The molecule has 2 aromatic rings. The van der Waals surface area contributed by atoms with E-state index in [-0.39, 0.29) is 25.9 Å². The number of piperidine rings is 1. The van der Waals surface area contributed by atoms with Gasteiger partial charge in [0.25, 0.3) is 5.92 Å². The first kappa shape index (κ1) is 16.9. The van der Waals surface area contributed by atoms with Crippen molar-refractivity contribution in [3.8, 4) is 0 Å². The minimum absolute atomic E-state index is 0. The van der Waals surface area contributed by atoms with Gasteiger partial charge in [0.1, 0.15) is 5.82 Å². The fraction of sp³-hybridized carbons (Fsp3) is 0.400. The molecule has 0 bridgehead atoms. The van der Waals surface area contributed by atoms with Gasteiger partial charge < -0.3 is 11.4 Å². The monoisotopic (exact) mass is 328 g/mol. The molecule has 1 saturated heterocycles. The van der Waals surface area contributed by atoms with Gasteiger partial charge in [0.05, 0.1) is 30.1 Å². The third-order valence-electron chi connectivity index (χ3n) is 4.56. The van der Waals surface area contributed by atoms with E-state index < -0.39 is 23.7 Å². The van der Waals surface area contributed by atoms with Crippen LogP contribution in [0.1, 0.15) is 17.3 Å².